The highest BCUT2D eigenvalue weighted by molar-refractivity contribution is 5.96. The Morgan fingerprint density at radius 1 is 1.06 bits per heavy atom. The fraction of sp³-hybridized carbons (Fsp3) is 0.387. The summed E-state index contributed by atoms with van der Waals surface area (Å²) < 4.78 is 6.09. The van der Waals surface area contributed by atoms with Gasteiger partial charge in [0.25, 0.3) is 5.91 Å². The van der Waals surface area contributed by atoms with Crippen LogP contribution < -0.4 is 4.74 Å². The van der Waals surface area contributed by atoms with Crippen LogP contribution in [-0.2, 0) is 6.42 Å². The number of benzene rings is 3. The summed E-state index contributed by atoms with van der Waals surface area (Å²) in [6.07, 6.45) is 5.29. The van der Waals surface area contributed by atoms with E-state index >= 15 is 0 Å². The van der Waals surface area contributed by atoms with Gasteiger partial charge in [-0.05, 0) is 98.7 Å². The average molecular weight is 483 g/mol. The number of amides is 1. The lowest BCUT2D eigenvalue weighted by molar-refractivity contribution is 0.0541. The van der Waals surface area contributed by atoms with E-state index in [-0.39, 0.29) is 23.2 Å². The molecule has 36 heavy (non-hydrogen) atoms. The van der Waals surface area contributed by atoms with Crippen molar-refractivity contribution in [3.05, 3.63) is 95.1 Å². The molecule has 2 fully saturated rings. The van der Waals surface area contributed by atoms with Gasteiger partial charge in [-0.3, -0.25) is 9.69 Å². The van der Waals surface area contributed by atoms with E-state index in [9.17, 15) is 9.90 Å². The minimum atomic E-state index is -0.205. The Kier molecular flexibility index (Phi) is 5.96. The highest BCUT2D eigenvalue weighted by atomic mass is 16.5. The van der Waals surface area contributed by atoms with Crippen LogP contribution in [-0.4, -0.2) is 52.1 Å². The first-order valence-electron chi connectivity index (χ1n) is 13.2. The van der Waals surface area contributed by atoms with E-state index in [1.807, 2.05) is 54.6 Å². The monoisotopic (exact) mass is 482 g/mol. The smallest absolute Gasteiger partial charge is 0.255 e. The zero-order valence-corrected chi connectivity index (χ0v) is 20.9. The summed E-state index contributed by atoms with van der Waals surface area (Å²) in [5.74, 6) is 1.20. The Balaban J connectivity index is 1.30. The average Bonchev–Trinajstić information content (AvgIpc) is 3.54. The first kappa shape index (κ1) is 23.1. The molecule has 3 aromatic carbocycles. The largest absolute Gasteiger partial charge is 0.508 e. The molecular weight excluding hydrogens is 448 g/mol. The third kappa shape index (κ3) is 4.26. The number of hydrogen-bond acceptors (Lipinski definition) is 4. The van der Waals surface area contributed by atoms with E-state index in [2.05, 4.69) is 28.9 Å². The predicted octanol–water partition coefficient (Wildman–Crippen LogP) is 5.58. The normalized spacial score (nSPS) is 22.4. The van der Waals surface area contributed by atoms with E-state index in [1.54, 1.807) is 6.07 Å². The van der Waals surface area contributed by atoms with Gasteiger partial charge in [0.2, 0.25) is 0 Å². The van der Waals surface area contributed by atoms with Gasteiger partial charge < -0.3 is 14.7 Å². The molecule has 5 heteroatoms. The van der Waals surface area contributed by atoms with Gasteiger partial charge in [-0.2, -0.15) is 0 Å². The Labute approximate surface area is 213 Å². The van der Waals surface area contributed by atoms with E-state index < -0.39 is 0 Å². The van der Waals surface area contributed by atoms with Crippen LogP contribution in [0.4, 0.5) is 0 Å². The summed E-state index contributed by atoms with van der Waals surface area (Å²) in [5.41, 5.74) is 3.81. The number of phenolic OH excluding ortho intramolecular Hbond substituents is 1. The Morgan fingerprint density at radius 2 is 1.83 bits per heavy atom. The van der Waals surface area contributed by atoms with Crippen molar-refractivity contribution in [2.24, 2.45) is 0 Å². The van der Waals surface area contributed by atoms with Gasteiger partial charge in [-0.15, -0.1) is 0 Å². The van der Waals surface area contributed by atoms with Crippen molar-refractivity contribution in [2.75, 3.05) is 19.7 Å². The molecule has 1 saturated heterocycles. The number of phenols is 1. The molecule has 1 spiro atoms. The van der Waals surface area contributed by atoms with Crippen molar-refractivity contribution >= 4 is 5.91 Å². The molecule has 2 heterocycles. The van der Waals surface area contributed by atoms with Gasteiger partial charge >= 0.3 is 0 Å². The third-order valence-electron chi connectivity index (χ3n) is 8.31. The van der Waals surface area contributed by atoms with Gasteiger partial charge in [0.15, 0.2) is 0 Å². The molecule has 3 aliphatic rings. The molecule has 1 N–H and O–H groups in total. The van der Waals surface area contributed by atoms with Crippen LogP contribution in [0.25, 0.3) is 0 Å². The summed E-state index contributed by atoms with van der Waals surface area (Å²) in [6, 6.07) is 23.9. The van der Waals surface area contributed by atoms with E-state index in [4.69, 9.17) is 4.74 Å². The molecule has 0 bridgehead atoms. The Morgan fingerprint density at radius 3 is 2.53 bits per heavy atom. The quantitative estimate of drug-likeness (QED) is 0.499. The molecular formula is C31H34N2O3. The summed E-state index contributed by atoms with van der Waals surface area (Å²) in [7, 11) is 0. The first-order valence-corrected chi connectivity index (χ1v) is 13.2. The minimum absolute atomic E-state index is 0.0666. The highest BCUT2D eigenvalue weighted by Gasteiger charge is 2.56. The van der Waals surface area contributed by atoms with Crippen LogP contribution in [0.15, 0.2) is 72.8 Å². The number of nitrogens with zero attached hydrogens (tertiary/aromatic N) is 2. The van der Waals surface area contributed by atoms with Gasteiger partial charge in [0.05, 0.1) is 6.04 Å². The van der Waals surface area contributed by atoms with Gasteiger partial charge in [-0.25, -0.2) is 0 Å². The fourth-order valence-corrected chi connectivity index (χ4v) is 6.16. The maximum atomic E-state index is 13.9. The van der Waals surface area contributed by atoms with E-state index in [0.29, 0.717) is 18.2 Å². The van der Waals surface area contributed by atoms with Crippen LogP contribution in [0.1, 0.15) is 65.7 Å². The predicted molar refractivity (Wildman–Crippen MR) is 140 cm³/mol. The summed E-state index contributed by atoms with van der Waals surface area (Å²) in [5, 5.41) is 10.2. The maximum absolute atomic E-state index is 13.9. The van der Waals surface area contributed by atoms with Crippen LogP contribution in [0.5, 0.6) is 11.5 Å². The lowest BCUT2D eigenvalue weighted by atomic mass is 9.82. The van der Waals surface area contributed by atoms with Crippen molar-refractivity contribution in [3.8, 4) is 11.5 Å². The second kappa shape index (κ2) is 9.29. The van der Waals surface area contributed by atoms with Crippen LogP contribution in [0, 0.1) is 0 Å². The van der Waals surface area contributed by atoms with Crippen molar-refractivity contribution in [1.82, 2.24) is 9.80 Å². The number of fused-ring (bicyclic) bond motifs is 1. The molecule has 2 aliphatic heterocycles. The van der Waals surface area contributed by atoms with Gasteiger partial charge in [0, 0.05) is 23.7 Å². The number of hydrogen-bond donors (Lipinski definition) is 1. The number of aromatic hydroxyl groups is 1. The van der Waals surface area contributed by atoms with Crippen molar-refractivity contribution < 1.29 is 14.6 Å². The molecule has 1 amide bonds. The molecule has 0 radical (unpaired) electrons. The minimum Gasteiger partial charge on any atom is -0.508 e. The number of likely N-dealkylation sites (tertiary alicyclic amines) is 1. The molecule has 3 aromatic rings. The van der Waals surface area contributed by atoms with Gasteiger partial charge in [-0.1, -0.05) is 36.4 Å². The molecule has 186 valence electrons. The maximum Gasteiger partial charge on any atom is 0.255 e. The van der Waals surface area contributed by atoms with Crippen LogP contribution in [0.2, 0.25) is 0 Å². The standard InChI is InChI=1S/C31H34N2O3/c1-22-6-5-17-32(22)18-19-36-27-12-9-23(10-13-27)29-28-14-11-26(34)20-25(28)21-31(15-16-31)33(29)30(35)24-7-3-2-4-8-24/h2-4,7-14,20,22,29,34H,5-6,15-19,21H2,1H3/t22-,29-/m1/s1. The number of ether oxygens (including phenoxy) is 1. The zero-order valence-electron chi connectivity index (χ0n) is 20.9. The highest BCUT2D eigenvalue weighted by Crippen LogP contribution is 2.55. The molecule has 0 unspecified atom stereocenters. The summed E-state index contributed by atoms with van der Waals surface area (Å²) in [6.45, 7) is 5.08. The van der Waals surface area contributed by atoms with E-state index in [1.165, 1.54) is 12.8 Å². The summed E-state index contributed by atoms with van der Waals surface area (Å²) >= 11 is 0. The topological polar surface area (TPSA) is 53.0 Å². The molecule has 1 aliphatic carbocycles. The molecule has 0 aromatic heterocycles. The van der Waals surface area contributed by atoms with Crippen molar-refractivity contribution in [3.63, 3.8) is 0 Å². The second-order valence-electron chi connectivity index (χ2n) is 10.7. The van der Waals surface area contributed by atoms with Gasteiger partial charge in [0.1, 0.15) is 18.1 Å². The van der Waals surface area contributed by atoms with Crippen molar-refractivity contribution in [2.45, 2.75) is 56.7 Å². The number of rotatable bonds is 6. The lowest BCUT2D eigenvalue weighted by Gasteiger charge is -2.44. The third-order valence-corrected chi connectivity index (χ3v) is 8.31. The van der Waals surface area contributed by atoms with Crippen molar-refractivity contribution in [1.29, 1.82) is 0 Å². The fourth-order valence-electron chi connectivity index (χ4n) is 6.16. The van der Waals surface area contributed by atoms with Crippen LogP contribution in [0.3, 0.4) is 0 Å². The second-order valence-corrected chi connectivity index (χ2v) is 10.7. The Bertz CT molecular complexity index is 1240. The number of carbonyl (C=O) groups is 1. The lowest BCUT2D eigenvalue weighted by Crippen LogP contribution is -2.49. The molecule has 6 rings (SSSR count). The Hall–Kier alpha value is -3.31. The number of carbonyl (C=O) groups excluding carboxylic acids is 1. The SMILES string of the molecule is C[C@@H]1CCCN1CCOc1ccc([C@@H]2c3ccc(O)cc3CC3(CC3)N2C(=O)c2ccccc2)cc1. The molecule has 1 saturated carbocycles. The van der Waals surface area contributed by atoms with E-state index in [0.717, 1.165) is 54.8 Å². The summed E-state index contributed by atoms with van der Waals surface area (Å²) in [4.78, 5) is 18.5. The molecule has 5 nitrogen and oxygen atoms in total. The molecule has 2 atom stereocenters. The van der Waals surface area contributed by atoms with Crippen LogP contribution >= 0.6 is 0 Å². The zero-order chi connectivity index (χ0) is 24.7. The first-order chi connectivity index (χ1) is 17.5.